The van der Waals surface area contributed by atoms with Crippen molar-refractivity contribution in [1.29, 1.82) is 0 Å². The Hall–Kier alpha value is -1.31. The van der Waals surface area contributed by atoms with Gasteiger partial charge in [-0.25, -0.2) is 0 Å². The fourth-order valence-corrected chi connectivity index (χ4v) is 6.11. The number of carbonyl (C=O) groups is 1. The summed E-state index contributed by atoms with van der Waals surface area (Å²) in [4.78, 5) is 15.8. The van der Waals surface area contributed by atoms with Crippen LogP contribution in [0.2, 0.25) is 0 Å². The van der Waals surface area contributed by atoms with E-state index in [0.717, 1.165) is 38.1 Å². The molecule has 3 aliphatic rings. The molecule has 2 fully saturated rings. The maximum absolute atomic E-state index is 13.7. The lowest BCUT2D eigenvalue weighted by Crippen LogP contribution is -2.50. The fourth-order valence-electron chi connectivity index (χ4n) is 6.11. The van der Waals surface area contributed by atoms with E-state index >= 15 is 0 Å². The highest BCUT2D eigenvalue weighted by Gasteiger charge is 2.51. The Morgan fingerprint density at radius 2 is 1.83 bits per heavy atom. The van der Waals surface area contributed by atoms with Crippen LogP contribution >= 0.6 is 0 Å². The summed E-state index contributed by atoms with van der Waals surface area (Å²) >= 11 is 0. The molecule has 2 nitrogen and oxygen atoms in total. The van der Waals surface area contributed by atoms with Gasteiger partial charge in [0.05, 0.1) is 5.41 Å². The van der Waals surface area contributed by atoms with Gasteiger partial charge >= 0.3 is 0 Å². The average molecular weight is 311 g/mol. The lowest BCUT2D eigenvalue weighted by Gasteiger charge is -2.50. The molecular weight excluding hydrogens is 282 g/mol. The van der Waals surface area contributed by atoms with Gasteiger partial charge in [-0.05, 0) is 74.3 Å². The first kappa shape index (κ1) is 15.2. The van der Waals surface area contributed by atoms with Gasteiger partial charge in [-0.2, -0.15) is 0 Å². The van der Waals surface area contributed by atoms with Crippen molar-refractivity contribution in [3.63, 3.8) is 0 Å². The van der Waals surface area contributed by atoms with Gasteiger partial charge in [0.1, 0.15) is 0 Å². The van der Waals surface area contributed by atoms with Crippen molar-refractivity contribution in [3.05, 3.63) is 29.3 Å². The van der Waals surface area contributed by atoms with Crippen LogP contribution < -0.4 is 4.90 Å². The molecule has 1 aromatic carbocycles. The molecule has 2 bridgehead atoms. The van der Waals surface area contributed by atoms with E-state index in [2.05, 4.69) is 43.9 Å². The standard InChI is InChI=1S/C21H29NO/c1-14-9-17-10-15(2)12-21(11-14,13-17)20(23)22-8-7-18-6-4-5-16(3)19(18)22/h4-6,14-15,17H,7-13H2,1-3H3/t14-,15+,17-,21?. The van der Waals surface area contributed by atoms with Crippen LogP contribution in [0.25, 0.3) is 0 Å². The first-order valence-corrected chi connectivity index (χ1v) is 9.39. The summed E-state index contributed by atoms with van der Waals surface area (Å²) in [5, 5.41) is 0. The first-order valence-electron chi connectivity index (χ1n) is 9.39. The van der Waals surface area contributed by atoms with Crippen molar-refractivity contribution >= 4 is 11.6 Å². The second kappa shape index (κ2) is 5.36. The highest BCUT2D eigenvalue weighted by Crippen LogP contribution is 2.54. The third kappa shape index (κ3) is 2.42. The van der Waals surface area contributed by atoms with Gasteiger partial charge in [0.2, 0.25) is 5.91 Å². The molecule has 0 N–H and O–H groups in total. The van der Waals surface area contributed by atoms with Crippen molar-refractivity contribution in [1.82, 2.24) is 0 Å². The number of para-hydroxylation sites is 1. The predicted octanol–water partition coefficient (Wildman–Crippen LogP) is 4.74. The Balaban J connectivity index is 1.69. The monoisotopic (exact) mass is 311 g/mol. The molecule has 2 saturated carbocycles. The van der Waals surface area contributed by atoms with Crippen molar-refractivity contribution < 1.29 is 4.79 Å². The van der Waals surface area contributed by atoms with E-state index < -0.39 is 0 Å². The number of nitrogens with zero attached hydrogens (tertiary/aromatic N) is 1. The molecular formula is C21H29NO. The van der Waals surface area contributed by atoms with Crippen molar-refractivity contribution in [3.8, 4) is 0 Å². The van der Waals surface area contributed by atoms with Crippen LogP contribution in [-0.2, 0) is 11.2 Å². The number of benzene rings is 1. The van der Waals surface area contributed by atoms with Crippen LogP contribution in [0.4, 0.5) is 5.69 Å². The molecule has 1 unspecified atom stereocenters. The second-order valence-electron chi connectivity index (χ2n) is 8.73. The molecule has 2 heteroatoms. The van der Waals surface area contributed by atoms with Gasteiger partial charge in [-0.3, -0.25) is 4.79 Å². The van der Waals surface area contributed by atoms with Crippen LogP contribution in [0.15, 0.2) is 18.2 Å². The Morgan fingerprint density at radius 1 is 1.13 bits per heavy atom. The molecule has 4 rings (SSSR count). The largest absolute Gasteiger partial charge is 0.311 e. The van der Waals surface area contributed by atoms with Crippen molar-refractivity contribution in [2.75, 3.05) is 11.4 Å². The Labute approximate surface area is 140 Å². The lowest BCUT2D eigenvalue weighted by atomic mass is 9.56. The summed E-state index contributed by atoms with van der Waals surface area (Å²) in [6.07, 6.45) is 7.02. The SMILES string of the molecule is Cc1cccc2c1N(C(=O)C13C[C@H](C)C[C@H](C[C@H](C)C1)C3)CC2. The minimum atomic E-state index is -0.0795. The van der Waals surface area contributed by atoms with E-state index in [1.165, 1.54) is 29.7 Å². The van der Waals surface area contributed by atoms with Gasteiger partial charge in [0, 0.05) is 12.2 Å². The second-order valence-corrected chi connectivity index (χ2v) is 8.73. The van der Waals surface area contributed by atoms with Gasteiger partial charge in [0.25, 0.3) is 0 Å². The molecule has 0 radical (unpaired) electrons. The summed E-state index contributed by atoms with van der Waals surface area (Å²) in [5.41, 5.74) is 3.76. The predicted molar refractivity (Wildman–Crippen MR) is 94.6 cm³/mol. The molecule has 1 aliphatic heterocycles. The average Bonchev–Trinajstić information content (AvgIpc) is 2.90. The first-order chi connectivity index (χ1) is 11.0. The smallest absolute Gasteiger partial charge is 0.233 e. The summed E-state index contributed by atoms with van der Waals surface area (Å²) in [6.45, 7) is 7.74. The molecule has 23 heavy (non-hydrogen) atoms. The van der Waals surface area contributed by atoms with Gasteiger partial charge in [-0.15, -0.1) is 0 Å². The maximum atomic E-state index is 13.7. The number of hydrogen-bond acceptors (Lipinski definition) is 1. The minimum absolute atomic E-state index is 0.0795. The normalized spacial score (nSPS) is 36.0. The van der Waals surface area contributed by atoms with Gasteiger partial charge < -0.3 is 4.90 Å². The topological polar surface area (TPSA) is 20.3 Å². The summed E-state index contributed by atoms with van der Waals surface area (Å²) < 4.78 is 0. The number of aryl methyl sites for hydroxylation is 1. The molecule has 0 saturated heterocycles. The van der Waals surface area contributed by atoms with Crippen LogP contribution in [0.1, 0.15) is 57.1 Å². The number of anilines is 1. The van der Waals surface area contributed by atoms with Crippen LogP contribution in [0.5, 0.6) is 0 Å². The highest BCUT2D eigenvalue weighted by atomic mass is 16.2. The number of rotatable bonds is 1. The molecule has 0 spiro atoms. The number of carbonyl (C=O) groups excluding carboxylic acids is 1. The third-order valence-electron chi connectivity index (χ3n) is 6.52. The van der Waals surface area contributed by atoms with E-state index in [1.807, 2.05) is 0 Å². The zero-order valence-corrected chi connectivity index (χ0v) is 14.8. The summed E-state index contributed by atoms with van der Waals surface area (Å²) in [6, 6.07) is 6.47. The summed E-state index contributed by atoms with van der Waals surface area (Å²) in [5.74, 6) is 2.60. The minimum Gasteiger partial charge on any atom is -0.311 e. The molecule has 1 amide bonds. The lowest BCUT2D eigenvalue weighted by molar-refractivity contribution is -0.136. The van der Waals surface area contributed by atoms with E-state index in [1.54, 1.807) is 0 Å². The van der Waals surface area contributed by atoms with E-state index in [9.17, 15) is 4.79 Å². The molecule has 2 aliphatic carbocycles. The third-order valence-corrected chi connectivity index (χ3v) is 6.52. The van der Waals surface area contributed by atoms with Crippen molar-refractivity contribution in [2.24, 2.45) is 23.2 Å². The van der Waals surface area contributed by atoms with Crippen LogP contribution in [-0.4, -0.2) is 12.5 Å². The van der Waals surface area contributed by atoms with Crippen LogP contribution in [0, 0.1) is 30.1 Å². The number of fused-ring (bicyclic) bond motifs is 3. The van der Waals surface area contributed by atoms with Gasteiger partial charge in [-0.1, -0.05) is 32.0 Å². The fraction of sp³-hybridized carbons (Fsp3) is 0.667. The quantitative estimate of drug-likeness (QED) is 0.734. The van der Waals surface area contributed by atoms with E-state index in [-0.39, 0.29) is 5.41 Å². The molecule has 124 valence electrons. The van der Waals surface area contributed by atoms with E-state index in [4.69, 9.17) is 0 Å². The molecule has 1 aromatic rings. The maximum Gasteiger partial charge on any atom is 0.233 e. The highest BCUT2D eigenvalue weighted by molar-refractivity contribution is 6.00. The zero-order chi connectivity index (χ0) is 16.2. The Kier molecular flexibility index (Phi) is 3.55. The molecule has 0 aromatic heterocycles. The van der Waals surface area contributed by atoms with Crippen molar-refractivity contribution in [2.45, 2.75) is 59.3 Å². The van der Waals surface area contributed by atoms with Crippen LogP contribution in [0.3, 0.4) is 0 Å². The number of amides is 1. The Morgan fingerprint density at radius 3 is 2.52 bits per heavy atom. The molecule has 4 atom stereocenters. The zero-order valence-electron chi connectivity index (χ0n) is 14.8. The number of hydrogen-bond donors (Lipinski definition) is 0. The van der Waals surface area contributed by atoms with Gasteiger partial charge in [0.15, 0.2) is 0 Å². The summed E-state index contributed by atoms with van der Waals surface area (Å²) in [7, 11) is 0. The van der Waals surface area contributed by atoms with E-state index in [0.29, 0.717) is 17.7 Å². The Bertz CT molecular complexity index is 615. The molecule has 1 heterocycles.